The molecule has 92 valence electrons. The highest BCUT2D eigenvalue weighted by atomic mass is 16.5. The number of hydrogen-bond acceptors (Lipinski definition) is 3. The summed E-state index contributed by atoms with van der Waals surface area (Å²) in [4.78, 5) is 22.4. The molecule has 4 nitrogen and oxygen atoms in total. The van der Waals surface area contributed by atoms with Gasteiger partial charge in [-0.05, 0) is 22.9 Å². The number of ether oxygens (including phenoxy) is 1. The smallest absolute Gasteiger partial charge is 0.315 e. The van der Waals surface area contributed by atoms with Crippen molar-refractivity contribution in [2.75, 3.05) is 12.4 Å². The molecule has 0 aliphatic heterocycles. The molecule has 0 unspecified atom stereocenters. The van der Waals surface area contributed by atoms with E-state index in [1.54, 1.807) is 6.07 Å². The summed E-state index contributed by atoms with van der Waals surface area (Å²) in [6, 6.07) is 13.4. The number of methoxy groups -OCH3 is 1. The Morgan fingerprint density at radius 2 is 1.83 bits per heavy atom. The first-order chi connectivity index (χ1) is 8.69. The molecule has 0 aliphatic carbocycles. The Hall–Kier alpha value is -2.36. The lowest BCUT2D eigenvalue weighted by Crippen LogP contribution is -2.17. The number of benzene rings is 2. The number of amides is 1. The molecule has 2 rings (SSSR count). The summed E-state index contributed by atoms with van der Waals surface area (Å²) in [6.07, 6.45) is -0.274. The zero-order chi connectivity index (χ0) is 13.0. The van der Waals surface area contributed by atoms with E-state index in [1.165, 1.54) is 7.11 Å². The van der Waals surface area contributed by atoms with Crippen LogP contribution in [0.2, 0.25) is 0 Å². The van der Waals surface area contributed by atoms with E-state index in [-0.39, 0.29) is 12.3 Å². The number of hydrogen-bond donors (Lipinski definition) is 1. The van der Waals surface area contributed by atoms with Crippen molar-refractivity contribution in [3.63, 3.8) is 0 Å². The van der Waals surface area contributed by atoms with Gasteiger partial charge in [-0.25, -0.2) is 0 Å². The average molecular weight is 243 g/mol. The van der Waals surface area contributed by atoms with Crippen LogP contribution >= 0.6 is 0 Å². The maximum absolute atomic E-state index is 11.5. The second kappa shape index (κ2) is 5.31. The summed E-state index contributed by atoms with van der Waals surface area (Å²) in [6.45, 7) is 0. The van der Waals surface area contributed by atoms with E-state index in [0.29, 0.717) is 5.69 Å². The highest BCUT2D eigenvalue weighted by molar-refractivity contribution is 6.02. The van der Waals surface area contributed by atoms with Crippen LogP contribution in [0.15, 0.2) is 42.5 Å². The quantitative estimate of drug-likeness (QED) is 0.665. The summed E-state index contributed by atoms with van der Waals surface area (Å²) in [5.41, 5.74) is 0.669. The fourth-order valence-electron chi connectivity index (χ4n) is 1.68. The first kappa shape index (κ1) is 12.1. The van der Waals surface area contributed by atoms with E-state index in [0.717, 1.165) is 10.8 Å². The molecule has 1 N–H and O–H groups in total. The lowest BCUT2D eigenvalue weighted by molar-refractivity contribution is -0.142. The van der Waals surface area contributed by atoms with Gasteiger partial charge in [-0.15, -0.1) is 0 Å². The van der Waals surface area contributed by atoms with E-state index in [9.17, 15) is 9.59 Å². The van der Waals surface area contributed by atoms with Gasteiger partial charge in [0.15, 0.2) is 0 Å². The van der Waals surface area contributed by atoms with Crippen molar-refractivity contribution in [1.29, 1.82) is 0 Å². The van der Waals surface area contributed by atoms with Crippen LogP contribution in [0.25, 0.3) is 10.8 Å². The minimum atomic E-state index is -0.548. The minimum absolute atomic E-state index is 0.274. The van der Waals surface area contributed by atoms with Crippen LogP contribution in [0.1, 0.15) is 6.42 Å². The van der Waals surface area contributed by atoms with E-state index in [2.05, 4.69) is 10.1 Å². The van der Waals surface area contributed by atoms with E-state index in [1.807, 2.05) is 36.4 Å². The predicted octanol–water partition coefficient (Wildman–Crippen LogP) is 2.34. The molecule has 18 heavy (non-hydrogen) atoms. The van der Waals surface area contributed by atoms with Gasteiger partial charge < -0.3 is 10.1 Å². The van der Waals surface area contributed by atoms with Crippen molar-refractivity contribution >= 4 is 28.3 Å². The first-order valence-electron chi connectivity index (χ1n) is 5.54. The minimum Gasteiger partial charge on any atom is -0.469 e. The molecule has 0 aliphatic rings. The molecule has 0 saturated carbocycles. The second-order valence-corrected chi connectivity index (χ2v) is 3.86. The molecular formula is C14H13NO3. The highest BCUT2D eigenvalue weighted by Gasteiger charge is 2.09. The van der Waals surface area contributed by atoms with Crippen LogP contribution in [-0.2, 0) is 14.3 Å². The molecule has 2 aromatic carbocycles. The van der Waals surface area contributed by atoms with Gasteiger partial charge in [-0.1, -0.05) is 30.3 Å². The van der Waals surface area contributed by atoms with Crippen LogP contribution < -0.4 is 5.32 Å². The summed E-state index contributed by atoms with van der Waals surface area (Å²) in [5.74, 6) is -0.926. The van der Waals surface area contributed by atoms with Crippen LogP contribution in [0, 0.1) is 0 Å². The van der Waals surface area contributed by atoms with E-state index < -0.39 is 5.97 Å². The molecule has 0 heterocycles. The number of carbonyl (C=O) groups is 2. The summed E-state index contributed by atoms with van der Waals surface area (Å²) in [7, 11) is 1.26. The Kier molecular flexibility index (Phi) is 3.57. The van der Waals surface area contributed by atoms with Crippen LogP contribution in [0.5, 0.6) is 0 Å². The fraction of sp³-hybridized carbons (Fsp3) is 0.143. The molecule has 0 atom stereocenters. The molecule has 0 spiro atoms. The van der Waals surface area contributed by atoms with Gasteiger partial charge in [0.2, 0.25) is 5.91 Å². The predicted molar refractivity (Wildman–Crippen MR) is 69.2 cm³/mol. The van der Waals surface area contributed by atoms with Crippen molar-refractivity contribution in [2.24, 2.45) is 0 Å². The van der Waals surface area contributed by atoms with Gasteiger partial charge in [0.25, 0.3) is 0 Å². The number of rotatable bonds is 3. The third-order valence-electron chi connectivity index (χ3n) is 2.57. The van der Waals surface area contributed by atoms with Gasteiger partial charge in [0.1, 0.15) is 6.42 Å². The van der Waals surface area contributed by atoms with Crippen LogP contribution in [0.4, 0.5) is 5.69 Å². The number of fused-ring (bicyclic) bond motifs is 1. The topological polar surface area (TPSA) is 55.4 Å². The molecular weight excluding hydrogens is 230 g/mol. The lowest BCUT2D eigenvalue weighted by Gasteiger charge is -2.05. The highest BCUT2D eigenvalue weighted by Crippen LogP contribution is 2.18. The Labute approximate surface area is 105 Å². The number of carbonyl (C=O) groups excluding carboxylic acids is 2. The molecule has 0 fully saturated rings. The third kappa shape index (κ3) is 2.85. The lowest BCUT2D eigenvalue weighted by atomic mass is 10.1. The third-order valence-corrected chi connectivity index (χ3v) is 2.57. The van der Waals surface area contributed by atoms with Crippen molar-refractivity contribution in [2.45, 2.75) is 6.42 Å². The zero-order valence-corrected chi connectivity index (χ0v) is 9.97. The molecule has 2 aromatic rings. The fourth-order valence-corrected chi connectivity index (χ4v) is 1.68. The van der Waals surface area contributed by atoms with Gasteiger partial charge in [0.05, 0.1) is 7.11 Å². The Balaban J connectivity index is 2.12. The molecule has 0 radical (unpaired) electrons. The van der Waals surface area contributed by atoms with Gasteiger partial charge in [-0.2, -0.15) is 0 Å². The Morgan fingerprint density at radius 1 is 1.11 bits per heavy atom. The maximum atomic E-state index is 11.5. The largest absolute Gasteiger partial charge is 0.469 e. The monoisotopic (exact) mass is 243 g/mol. The summed E-state index contributed by atoms with van der Waals surface area (Å²) in [5, 5.41) is 4.80. The Bertz CT molecular complexity index is 592. The van der Waals surface area contributed by atoms with E-state index in [4.69, 9.17) is 0 Å². The van der Waals surface area contributed by atoms with Crippen LogP contribution in [0.3, 0.4) is 0 Å². The van der Waals surface area contributed by atoms with E-state index >= 15 is 0 Å². The maximum Gasteiger partial charge on any atom is 0.315 e. The van der Waals surface area contributed by atoms with Gasteiger partial charge in [0, 0.05) is 5.69 Å². The van der Waals surface area contributed by atoms with Gasteiger partial charge >= 0.3 is 5.97 Å². The first-order valence-corrected chi connectivity index (χ1v) is 5.54. The number of nitrogens with one attached hydrogen (secondary N) is 1. The second-order valence-electron chi connectivity index (χ2n) is 3.86. The zero-order valence-electron chi connectivity index (χ0n) is 9.97. The summed E-state index contributed by atoms with van der Waals surface area (Å²) >= 11 is 0. The molecule has 4 heteroatoms. The molecule has 0 aromatic heterocycles. The van der Waals surface area contributed by atoms with Crippen molar-refractivity contribution in [3.8, 4) is 0 Å². The average Bonchev–Trinajstić information content (AvgIpc) is 2.38. The summed E-state index contributed by atoms with van der Waals surface area (Å²) < 4.78 is 4.43. The van der Waals surface area contributed by atoms with Crippen molar-refractivity contribution < 1.29 is 14.3 Å². The molecule has 0 bridgehead atoms. The standard InChI is InChI=1S/C14H13NO3/c1-18-14(17)9-13(16)15-12-7-6-10-4-2-3-5-11(10)8-12/h2-8H,9H2,1H3,(H,15,16). The van der Waals surface area contributed by atoms with Crippen molar-refractivity contribution in [1.82, 2.24) is 0 Å². The molecule has 1 amide bonds. The number of esters is 1. The Morgan fingerprint density at radius 3 is 2.56 bits per heavy atom. The van der Waals surface area contributed by atoms with Crippen LogP contribution in [-0.4, -0.2) is 19.0 Å². The molecule has 0 saturated heterocycles. The van der Waals surface area contributed by atoms with Gasteiger partial charge in [-0.3, -0.25) is 9.59 Å². The SMILES string of the molecule is COC(=O)CC(=O)Nc1ccc2ccccc2c1. The normalized spacial score (nSPS) is 10.1. The number of anilines is 1. The van der Waals surface area contributed by atoms with Crippen molar-refractivity contribution in [3.05, 3.63) is 42.5 Å².